The molecule has 0 amide bonds. The van der Waals surface area contributed by atoms with Gasteiger partial charge in [0.2, 0.25) is 5.75 Å². The Hall–Kier alpha value is -2.86. The predicted molar refractivity (Wildman–Crippen MR) is 104 cm³/mol. The maximum absolute atomic E-state index is 10.7. The average Bonchev–Trinajstić information content (AvgIpc) is 2.67. The molecule has 0 aliphatic carbocycles. The summed E-state index contributed by atoms with van der Waals surface area (Å²) in [7, 11) is 4.46. The van der Waals surface area contributed by atoms with E-state index in [4.69, 9.17) is 18.9 Å². The van der Waals surface area contributed by atoms with Gasteiger partial charge < -0.3 is 29.2 Å². The van der Waals surface area contributed by atoms with Crippen LogP contribution in [0.4, 0.5) is 0 Å². The molecule has 0 radical (unpaired) electrons. The fourth-order valence-electron chi connectivity index (χ4n) is 2.75. The number of allylic oxidation sites excluding steroid dienone is 1. The van der Waals surface area contributed by atoms with Crippen molar-refractivity contribution < 1.29 is 29.2 Å². The Kier molecular flexibility index (Phi) is 6.96. The summed E-state index contributed by atoms with van der Waals surface area (Å²) in [6, 6.07) is 8.59. The normalized spacial score (nSPS) is 13.3. The number of hydrogen-bond acceptors (Lipinski definition) is 6. The second-order valence-corrected chi connectivity index (χ2v) is 5.95. The van der Waals surface area contributed by atoms with Gasteiger partial charge in [-0.1, -0.05) is 18.2 Å². The Balaban J connectivity index is 2.25. The summed E-state index contributed by atoms with van der Waals surface area (Å²) < 4.78 is 21.6. The molecule has 6 nitrogen and oxygen atoms in total. The number of methoxy groups -OCH3 is 3. The van der Waals surface area contributed by atoms with E-state index in [1.54, 1.807) is 26.2 Å². The second-order valence-electron chi connectivity index (χ2n) is 5.95. The number of aromatic hydroxyl groups is 1. The SMILES string of the molecule is CC=Cc1ccc(OC(C)C(O)c2cc(O)c(OC)c(OC)c2)c(OC)c1. The number of benzene rings is 2. The first-order valence-electron chi connectivity index (χ1n) is 8.55. The van der Waals surface area contributed by atoms with Gasteiger partial charge in [-0.05, 0) is 49.2 Å². The molecule has 0 saturated carbocycles. The van der Waals surface area contributed by atoms with Gasteiger partial charge >= 0.3 is 0 Å². The molecule has 0 aliphatic heterocycles. The molecule has 0 saturated heterocycles. The van der Waals surface area contributed by atoms with E-state index in [0.29, 0.717) is 22.8 Å². The van der Waals surface area contributed by atoms with Crippen LogP contribution in [0.2, 0.25) is 0 Å². The van der Waals surface area contributed by atoms with Gasteiger partial charge in [-0.2, -0.15) is 0 Å². The largest absolute Gasteiger partial charge is 0.504 e. The number of ether oxygens (including phenoxy) is 4. The summed E-state index contributed by atoms with van der Waals surface area (Å²) in [5.74, 6) is 1.50. The summed E-state index contributed by atoms with van der Waals surface area (Å²) in [6.07, 6.45) is 2.28. The number of rotatable bonds is 8. The maximum Gasteiger partial charge on any atom is 0.203 e. The third-order valence-corrected chi connectivity index (χ3v) is 4.13. The van der Waals surface area contributed by atoms with Gasteiger partial charge in [-0.25, -0.2) is 0 Å². The molecule has 2 atom stereocenters. The summed E-state index contributed by atoms with van der Waals surface area (Å²) in [4.78, 5) is 0. The molecule has 0 aliphatic rings. The molecular weight excluding hydrogens is 348 g/mol. The second kappa shape index (κ2) is 9.19. The van der Waals surface area contributed by atoms with Crippen LogP contribution >= 0.6 is 0 Å². The minimum atomic E-state index is -1.00. The summed E-state index contributed by atoms with van der Waals surface area (Å²) in [5.41, 5.74) is 1.43. The van der Waals surface area contributed by atoms with Crippen molar-refractivity contribution in [1.29, 1.82) is 0 Å². The van der Waals surface area contributed by atoms with Crippen LogP contribution in [0.3, 0.4) is 0 Å². The Morgan fingerprint density at radius 1 is 0.926 bits per heavy atom. The van der Waals surface area contributed by atoms with Crippen molar-refractivity contribution in [1.82, 2.24) is 0 Å². The van der Waals surface area contributed by atoms with E-state index in [-0.39, 0.29) is 11.5 Å². The van der Waals surface area contributed by atoms with Crippen LogP contribution in [-0.2, 0) is 0 Å². The van der Waals surface area contributed by atoms with Crippen molar-refractivity contribution in [2.75, 3.05) is 21.3 Å². The number of aliphatic hydroxyl groups excluding tert-OH is 1. The van der Waals surface area contributed by atoms with E-state index in [9.17, 15) is 10.2 Å². The Bertz CT molecular complexity index is 799. The zero-order chi connectivity index (χ0) is 20.0. The van der Waals surface area contributed by atoms with Gasteiger partial charge in [-0.15, -0.1) is 0 Å². The molecule has 146 valence electrons. The first-order chi connectivity index (χ1) is 12.9. The topological polar surface area (TPSA) is 77.4 Å². The first-order valence-corrected chi connectivity index (χ1v) is 8.55. The molecule has 2 unspecified atom stereocenters. The van der Waals surface area contributed by atoms with E-state index >= 15 is 0 Å². The number of phenols is 1. The maximum atomic E-state index is 10.7. The lowest BCUT2D eigenvalue weighted by atomic mass is 10.0. The van der Waals surface area contributed by atoms with E-state index in [1.807, 2.05) is 31.2 Å². The van der Waals surface area contributed by atoms with E-state index in [1.165, 1.54) is 20.3 Å². The fraction of sp³-hybridized carbons (Fsp3) is 0.333. The highest BCUT2D eigenvalue weighted by Crippen LogP contribution is 2.40. The number of aliphatic hydroxyl groups is 1. The minimum Gasteiger partial charge on any atom is -0.504 e. The highest BCUT2D eigenvalue weighted by molar-refractivity contribution is 5.56. The molecule has 27 heavy (non-hydrogen) atoms. The molecule has 0 heterocycles. The Labute approximate surface area is 159 Å². The average molecular weight is 374 g/mol. The molecule has 2 N–H and O–H groups in total. The lowest BCUT2D eigenvalue weighted by Gasteiger charge is -2.23. The van der Waals surface area contributed by atoms with Crippen molar-refractivity contribution in [3.05, 3.63) is 47.5 Å². The Morgan fingerprint density at radius 2 is 1.63 bits per heavy atom. The van der Waals surface area contributed by atoms with Gasteiger partial charge in [0.25, 0.3) is 0 Å². The molecule has 2 rings (SSSR count). The Morgan fingerprint density at radius 3 is 2.22 bits per heavy atom. The van der Waals surface area contributed by atoms with E-state index in [2.05, 4.69) is 0 Å². The van der Waals surface area contributed by atoms with Gasteiger partial charge in [-0.3, -0.25) is 0 Å². The molecule has 2 aromatic carbocycles. The third kappa shape index (κ3) is 4.65. The molecule has 2 aromatic rings. The van der Waals surface area contributed by atoms with E-state index < -0.39 is 12.2 Å². The smallest absolute Gasteiger partial charge is 0.203 e. The molecule has 0 bridgehead atoms. The predicted octanol–water partition coefficient (Wildman–Crippen LogP) is 3.95. The highest BCUT2D eigenvalue weighted by Gasteiger charge is 2.23. The van der Waals surface area contributed by atoms with Crippen LogP contribution in [0.1, 0.15) is 31.1 Å². The van der Waals surface area contributed by atoms with Crippen molar-refractivity contribution in [2.24, 2.45) is 0 Å². The van der Waals surface area contributed by atoms with Crippen LogP contribution in [0.5, 0.6) is 28.7 Å². The third-order valence-electron chi connectivity index (χ3n) is 4.13. The van der Waals surface area contributed by atoms with Crippen LogP contribution in [-0.4, -0.2) is 37.6 Å². The van der Waals surface area contributed by atoms with Gasteiger partial charge in [0.15, 0.2) is 23.0 Å². The van der Waals surface area contributed by atoms with E-state index in [0.717, 1.165) is 5.56 Å². The molecule has 0 aromatic heterocycles. The molecule has 0 fully saturated rings. The zero-order valence-corrected chi connectivity index (χ0v) is 16.2. The standard InChI is InChI=1S/C21H26O6/c1-6-7-14-8-9-17(18(10-14)24-3)27-13(2)20(23)15-11-16(22)21(26-5)19(12-15)25-4/h6-13,20,22-23H,1-5H3. The quantitative estimate of drug-likeness (QED) is 0.728. The monoisotopic (exact) mass is 374 g/mol. The fourth-order valence-corrected chi connectivity index (χ4v) is 2.75. The van der Waals surface area contributed by atoms with Crippen LogP contribution < -0.4 is 18.9 Å². The van der Waals surface area contributed by atoms with Crippen LogP contribution in [0, 0.1) is 0 Å². The van der Waals surface area contributed by atoms with Crippen molar-refractivity contribution in [3.63, 3.8) is 0 Å². The van der Waals surface area contributed by atoms with Gasteiger partial charge in [0, 0.05) is 0 Å². The summed E-state index contributed by atoms with van der Waals surface area (Å²) in [6.45, 7) is 3.67. The number of phenolic OH excluding ortho intramolecular Hbond substituents is 1. The number of hydrogen-bond donors (Lipinski definition) is 2. The zero-order valence-electron chi connectivity index (χ0n) is 16.2. The molecular formula is C21H26O6. The summed E-state index contributed by atoms with van der Waals surface area (Å²) >= 11 is 0. The summed E-state index contributed by atoms with van der Waals surface area (Å²) in [5, 5.41) is 20.8. The first kappa shape index (κ1) is 20.5. The molecule has 0 spiro atoms. The van der Waals surface area contributed by atoms with Crippen molar-refractivity contribution >= 4 is 6.08 Å². The van der Waals surface area contributed by atoms with Gasteiger partial charge in [0.1, 0.15) is 12.2 Å². The minimum absolute atomic E-state index is 0.119. The van der Waals surface area contributed by atoms with Gasteiger partial charge in [0.05, 0.1) is 21.3 Å². The highest BCUT2D eigenvalue weighted by atomic mass is 16.5. The van der Waals surface area contributed by atoms with Crippen LogP contribution in [0.25, 0.3) is 6.08 Å². The molecule has 6 heteroatoms. The van der Waals surface area contributed by atoms with Crippen LogP contribution in [0.15, 0.2) is 36.4 Å². The lowest BCUT2D eigenvalue weighted by molar-refractivity contribution is 0.0448. The lowest BCUT2D eigenvalue weighted by Crippen LogP contribution is -2.22. The van der Waals surface area contributed by atoms with Crippen molar-refractivity contribution in [3.8, 4) is 28.7 Å². The van der Waals surface area contributed by atoms with Crippen molar-refractivity contribution in [2.45, 2.75) is 26.1 Å².